The highest BCUT2D eigenvalue weighted by atomic mass is 16.5. The Morgan fingerprint density at radius 1 is 1.24 bits per heavy atom. The molecule has 0 N–H and O–H groups in total. The maximum atomic E-state index is 13.0. The number of fused-ring (bicyclic) bond motifs is 2. The molecule has 21 heavy (non-hydrogen) atoms. The molecule has 1 saturated carbocycles. The minimum atomic E-state index is -1.06. The number of methoxy groups -OCH3 is 1. The van der Waals surface area contributed by atoms with E-state index in [0.717, 1.165) is 12.1 Å². The zero-order valence-corrected chi connectivity index (χ0v) is 12.3. The van der Waals surface area contributed by atoms with Crippen LogP contribution in [0.3, 0.4) is 0 Å². The van der Waals surface area contributed by atoms with Crippen LogP contribution in [0.5, 0.6) is 0 Å². The summed E-state index contributed by atoms with van der Waals surface area (Å²) in [6.45, 7) is 0. The number of hydrogen-bond acceptors (Lipinski definition) is 3. The topological polar surface area (TPSA) is 46.6 Å². The zero-order valence-electron chi connectivity index (χ0n) is 12.3. The van der Waals surface area contributed by atoms with Gasteiger partial charge >= 0.3 is 5.97 Å². The van der Waals surface area contributed by atoms with E-state index < -0.39 is 11.4 Å². The molecule has 0 aliphatic heterocycles. The van der Waals surface area contributed by atoms with E-state index in [9.17, 15) is 9.59 Å². The lowest BCUT2D eigenvalue weighted by Gasteiger charge is -2.34. The van der Waals surface area contributed by atoms with E-state index in [1.165, 1.54) is 7.11 Å². The Kier molecular flexibility index (Phi) is 3.32. The highest BCUT2D eigenvalue weighted by Gasteiger charge is 2.60. The lowest BCUT2D eigenvalue weighted by molar-refractivity contribution is -0.159. The van der Waals surface area contributed by atoms with Gasteiger partial charge in [0.25, 0.3) is 0 Å². The second-order valence-electron chi connectivity index (χ2n) is 5.85. The molecule has 2 bridgehead atoms. The predicted molar refractivity (Wildman–Crippen MR) is 79.7 cm³/mol. The molecular weight excluding hydrogens is 266 g/mol. The lowest BCUT2D eigenvalue weighted by Crippen LogP contribution is -2.50. The highest BCUT2D eigenvalue weighted by Crippen LogP contribution is 2.53. The van der Waals surface area contributed by atoms with E-state index in [1.54, 1.807) is 11.9 Å². The molecule has 1 fully saturated rings. The summed E-state index contributed by atoms with van der Waals surface area (Å²) in [6, 6.07) is 9.39. The maximum absolute atomic E-state index is 13.0. The molecule has 1 amide bonds. The predicted octanol–water partition coefficient (Wildman–Crippen LogP) is 2.40. The van der Waals surface area contributed by atoms with Crippen molar-refractivity contribution in [1.29, 1.82) is 0 Å². The van der Waals surface area contributed by atoms with Crippen LogP contribution in [0.15, 0.2) is 42.5 Å². The fraction of sp³-hybridized carbons (Fsp3) is 0.412. The van der Waals surface area contributed by atoms with Crippen molar-refractivity contribution >= 4 is 17.6 Å². The van der Waals surface area contributed by atoms with E-state index in [-0.39, 0.29) is 11.8 Å². The quantitative estimate of drug-likeness (QED) is 0.487. The third-order valence-electron chi connectivity index (χ3n) is 4.77. The number of hydrogen-bond donors (Lipinski definition) is 0. The van der Waals surface area contributed by atoms with Gasteiger partial charge in [0, 0.05) is 18.7 Å². The number of esters is 1. The van der Waals surface area contributed by atoms with Gasteiger partial charge in [0.15, 0.2) is 5.41 Å². The van der Waals surface area contributed by atoms with E-state index >= 15 is 0 Å². The number of allylic oxidation sites excluding steroid dienone is 2. The molecule has 0 radical (unpaired) electrons. The fourth-order valence-electron chi connectivity index (χ4n) is 3.67. The van der Waals surface area contributed by atoms with Crippen molar-refractivity contribution in [2.45, 2.75) is 12.8 Å². The molecule has 0 unspecified atom stereocenters. The summed E-state index contributed by atoms with van der Waals surface area (Å²) < 4.78 is 4.98. The van der Waals surface area contributed by atoms with Crippen LogP contribution in [0.25, 0.3) is 0 Å². The number of para-hydroxylation sites is 1. The van der Waals surface area contributed by atoms with Gasteiger partial charge in [0.1, 0.15) is 0 Å². The molecule has 3 rings (SSSR count). The van der Waals surface area contributed by atoms with Crippen molar-refractivity contribution in [3.8, 4) is 0 Å². The van der Waals surface area contributed by atoms with Gasteiger partial charge in [-0.15, -0.1) is 0 Å². The number of ether oxygens (including phenoxy) is 1. The highest BCUT2D eigenvalue weighted by molar-refractivity contribution is 6.10. The van der Waals surface area contributed by atoms with Crippen molar-refractivity contribution < 1.29 is 14.3 Å². The third-order valence-corrected chi connectivity index (χ3v) is 4.77. The van der Waals surface area contributed by atoms with Crippen LogP contribution >= 0.6 is 0 Å². The summed E-state index contributed by atoms with van der Waals surface area (Å²) in [4.78, 5) is 27.0. The minimum absolute atomic E-state index is 0.0476. The molecule has 4 nitrogen and oxygen atoms in total. The smallest absolute Gasteiger partial charge is 0.322 e. The first-order valence-corrected chi connectivity index (χ1v) is 7.19. The van der Waals surface area contributed by atoms with Crippen LogP contribution in [0, 0.1) is 17.3 Å². The van der Waals surface area contributed by atoms with E-state index in [2.05, 4.69) is 6.08 Å². The molecule has 2 aliphatic rings. The van der Waals surface area contributed by atoms with Crippen molar-refractivity contribution in [3.05, 3.63) is 42.5 Å². The molecule has 1 aromatic carbocycles. The van der Waals surface area contributed by atoms with Gasteiger partial charge in [-0.2, -0.15) is 0 Å². The largest absolute Gasteiger partial charge is 0.468 e. The van der Waals surface area contributed by atoms with E-state index in [0.29, 0.717) is 12.3 Å². The number of anilines is 1. The van der Waals surface area contributed by atoms with Gasteiger partial charge in [-0.3, -0.25) is 9.59 Å². The fourth-order valence-corrected chi connectivity index (χ4v) is 3.67. The molecule has 0 saturated heterocycles. The molecule has 0 heterocycles. The Bertz CT molecular complexity index is 595. The summed E-state index contributed by atoms with van der Waals surface area (Å²) in [5, 5.41) is 0. The van der Waals surface area contributed by atoms with Crippen molar-refractivity contribution in [2.75, 3.05) is 19.1 Å². The molecule has 4 heteroatoms. The maximum Gasteiger partial charge on any atom is 0.322 e. The Morgan fingerprint density at radius 2 is 1.95 bits per heavy atom. The van der Waals surface area contributed by atoms with Crippen LogP contribution in [-0.2, 0) is 14.3 Å². The number of carbonyl (C=O) groups excluding carboxylic acids is 2. The molecule has 0 aromatic heterocycles. The summed E-state index contributed by atoms with van der Waals surface area (Å²) in [5.74, 6) is -0.319. The van der Waals surface area contributed by atoms with E-state index in [4.69, 9.17) is 4.74 Å². The van der Waals surface area contributed by atoms with Gasteiger partial charge in [0.05, 0.1) is 7.11 Å². The van der Waals surface area contributed by atoms with Crippen LogP contribution in [-0.4, -0.2) is 26.0 Å². The van der Waals surface area contributed by atoms with Gasteiger partial charge in [0.2, 0.25) is 5.91 Å². The number of amides is 1. The zero-order chi connectivity index (χ0) is 15.0. The summed E-state index contributed by atoms with van der Waals surface area (Å²) in [7, 11) is 3.08. The molecule has 1 aromatic rings. The SMILES string of the molecule is COC(=O)[C@]1(C(=O)N(C)c2ccccc2)C[C@@H]2C=C[C@H]1C2. The Labute approximate surface area is 124 Å². The average molecular weight is 285 g/mol. The Morgan fingerprint density at radius 3 is 2.48 bits per heavy atom. The van der Waals surface area contributed by atoms with Crippen LogP contribution < -0.4 is 4.90 Å². The average Bonchev–Trinajstić information content (AvgIpc) is 3.15. The summed E-state index contributed by atoms with van der Waals surface area (Å²) >= 11 is 0. The van der Waals surface area contributed by atoms with Crippen LogP contribution in [0.1, 0.15) is 12.8 Å². The minimum Gasteiger partial charge on any atom is -0.468 e. The standard InChI is InChI=1S/C17H19NO3/c1-18(14-6-4-3-5-7-14)15(19)17(16(20)21-2)11-12-8-9-13(17)10-12/h3-9,12-13H,10-11H2,1-2H3/t12-,13+,17-/m1/s1. The van der Waals surface area contributed by atoms with Crippen LogP contribution in [0.4, 0.5) is 5.69 Å². The second-order valence-corrected chi connectivity index (χ2v) is 5.85. The van der Waals surface area contributed by atoms with Crippen molar-refractivity contribution in [1.82, 2.24) is 0 Å². The van der Waals surface area contributed by atoms with E-state index in [1.807, 2.05) is 36.4 Å². The third kappa shape index (κ3) is 1.97. The molecule has 2 aliphatic carbocycles. The van der Waals surface area contributed by atoms with Crippen molar-refractivity contribution in [2.24, 2.45) is 17.3 Å². The Hall–Kier alpha value is -2.10. The molecular formula is C17H19NO3. The number of rotatable bonds is 3. The first kappa shape index (κ1) is 13.9. The molecule has 0 spiro atoms. The molecule has 110 valence electrons. The van der Waals surface area contributed by atoms with Gasteiger partial charge in [-0.25, -0.2) is 0 Å². The first-order chi connectivity index (χ1) is 10.1. The first-order valence-electron chi connectivity index (χ1n) is 7.19. The van der Waals surface area contributed by atoms with Gasteiger partial charge in [-0.05, 0) is 30.9 Å². The Balaban J connectivity index is 1.97. The monoisotopic (exact) mass is 285 g/mol. The lowest BCUT2D eigenvalue weighted by atomic mass is 9.74. The van der Waals surface area contributed by atoms with Crippen LogP contribution in [0.2, 0.25) is 0 Å². The second kappa shape index (κ2) is 5.02. The molecule has 3 atom stereocenters. The normalized spacial score (nSPS) is 29.4. The van der Waals surface area contributed by atoms with Gasteiger partial charge in [-0.1, -0.05) is 30.4 Å². The summed E-state index contributed by atoms with van der Waals surface area (Å²) in [6.07, 6.45) is 5.53. The van der Waals surface area contributed by atoms with Gasteiger partial charge < -0.3 is 9.64 Å². The number of carbonyl (C=O) groups is 2. The number of benzene rings is 1. The van der Waals surface area contributed by atoms with Crippen molar-refractivity contribution in [3.63, 3.8) is 0 Å². The summed E-state index contributed by atoms with van der Waals surface area (Å²) in [5.41, 5.74) is -0.267. The number of nitrogens with zero attached hydrogens (tertiary/aromatic N) is 1.